The summed E-state index contributed by atoms with van der Waals surface area (Å²) < 4.78 is 0. The van der Waals surface area contributed by atoms with Crippen LogP contribution in [0.15, 0.2) is 30.5 Å². The van der Waals surface area contributed by atoms with Crippen LogP contribution in [0.5, 0.6) is 0 Å². The summed E-state index contributed by atoms with van der Waals surface area (Å²) in [5.74, 6) is 0. The van der Waals surface area contributed by atoms with E-state index in [2.05, 4.69) is 4.98 Å². The van der Waals surface area contributed by atoms with Crippen molar-refractivity contribution in [2.75, 3.05) is 5.73 Å². The highest BCUT2D eigenvalue weighted by Crippen LogP contribution is 2.21. The molecule has 0 aliphatic rings. The van der Waals surface area contributed by atoms with Crippen molar-refractivity contribution < 1.29 is 0 Å². The van der Waals surface area contributed by atoms with Gasteiger partial charge in [0.05, 0.1) is 5.52 Å². The number of hydrogen-bond donors (Lipinski definition) is 1. The van der Waals surface area contributed by atoms with E-state index in [9.17, 15) is 0 Å². The first-order valence-corrected chi connectivity index (χ1v) is 3.89. The molecule has 0 radical (unpaired) electrons. The zero-order chi connectivity index (χ0) is 8.55. The Kier molecular flexibility index (Phi) is 1.47. The molecule has 0 amide bonds. The van der Waals surface area contributed by atoms with Gasteiger partial charge in [-0.15, -0.1) is 0 Å². The number of nitrogens with two attached hydrogens (primary N) is 1. The van der Waals surface area contributed by atoms with Gasteiger partial charge in [-0.05, 0) is 18.6 Å². The molecule has 0 fully saturated rings. The molecule has 60 valence electrons. The molecule has 0 spiro atoms. The Morgan fingerprint density at radius 2 is 2.00 bits per heavy atom. The molecular weight excluding hydrogens is 148 g/mol. The maximum Gasteiger partial charge on any atom is 0.0722 e. The molecule has 2 aromatic rings. The Balaban J connectivity index is 2.91. The topological polar surface area (TPSA) is 38.9 Å². The van der Waals surface area contributed by atoms with Crippen LogP contribution in [-0.4, -0.2) is 4.98 Å². The van der Waals surface area contributed by atoms with Gasteiger partial charge in [0.1, 0.15) is 0 Å². The Morgan fingerprint density at radius 3 is 2.83 bits per heavy atom. The Bertz CT molecular complexity index is 421. The van der Waals surface area contributed by atoms with Gasteiger partial charge in [-0.3, -0.25) is 4.98 Å². The first kappa shape index (κ1) is 7.10. The normalized spacial score (nSPS) is 10.4. The van der Waals surface area contributed by atoms with Gasteiger partial charge in [0.15, 0.2) is 0 Å². The van der Waals surface area contributed by atoms with Crippen molar-refractivity contribution in [3.05, 3.63) is 36.0 Å². The van der Waals surface area contributed by atoms with E-state index in [4.69, 9.17) is 5.73 Å². The lowest BCUT2D eigenvalue weighted by Crippen LogP contribution is -1.92. The van der Waals surface area contributed by atoms with E-state index in [0.717, 1.165) is 22.2 Å². The third-order valence-corrected chi connectivity index (χ3v) is 2.02. The minimum atomic E-state index is 0.834. The lowest BCUT2D eigenvalue weighted by molar-refractivity contribution is 1.34. The molecule has 0 bridgehead atoms. The molecule has 1 aromatic heterocycles. The zero-order valence-electron chi connectivity index (χ0n) is 6.91. The molecule has 2 heteroatoms. The van der Waals surface area contributed by atoms with Crippen molar-refractivity contribution in [1.29, 1.82) is 0 Å². The van der Waals surface area contributed by atoms with E-state index >= 15 is 0 Å². The van der Waals surface area contributed by atoms with Gasteiger partial charge in [0, 0.05) is 17.3 Å². The molecular formula is C10H10N2. The maximum atomic E-state index is 5.88. The largest absolute Gasteiger partial charge is 0.398 e. The zero-order valence-corrected chi connectivity index (χ0v) is 6.91. The van der Waals surface area contributed by atoms with E-state index in [0.29, 0.717) is 0 Å². The summed E-state index contributed by atoms with van der Waals surface area (Å²) in [4.78, 5) is 4.26. The summed E-state index contributed by atoms with van der Waals surface area (Å²) in [6.45, 7) is 1.97. The molecule has 2 rings (SSSR count). The number of para-hydroxylation sites is 1. The summed E-state index contributed by atoms with van der Waals surface area (Å²) in [7, 11) is 0. The molecule has 1 heterocycles. The van der Waals surface area contributed by atoms with Crippen LogP contribution in [0.1, 0.15) is 5.56 Å². The average Bonchev–Trinajstić information content (AvgIpc) is 2.12. The first-order chi connectivity index (χ1) is 5.79. The monoisotopic (exact) mass is 158 g/mol. The smallest absolute Gasteiger partial charge is 0.0722 e. The summed E-state index contributed by atoms with van der Waals surface area (Å²) in [5, 5.41) is 1.04. The van der Waals surface area contributed by atoms with Crippen molar-refractivity contribution in [2.45, 2.75) is 6.92 Å². The third kappa shape index (κ3) is 0.925. The van der Waals surface area contributed by atoms with E-state index < -0.39 is 0 Å². The van der Waals surface area contributed by atoms with Crippen molar-refractivity contribution in [2.24, 2.45) is 0 Å². The van der Waals surface area contributed by atoms with E-state index in [1.807, 2.05) is 31.2 Å². The highest BCUT2D eigenvalue weighted by Gasteiger charge is 1.99. The van der Waals surface area contributed by atoms with Crippen LogP contribution in [0.3, 0.4) is 0 Å². The number of anilines is 1. The van der Waals surface area contributed by atoms with Gasteiger partial charge in [-0.2, -0.15) is 0 Å². The summed E-state index contributed by atoms with van der Waals surface area (Å²) in [6.07, 6.45) is 1.80. The number of rotatable bonds is 0. The molecule has 0 aliphatic carbocycles. The van der Waals surface area contributed by atoms with Crippen LogP contribution >= 0.6 is 0 Å². The molecule has 1 aromatic carbocycles. The van der Waals surface area contributed by atoms with Gasteiger partial charge in [0.25, 0.3) is 0 Å². The van der Waals surface area contributed by atoms with Crippen molar-refractivity contribution in [1.82, 2.24) is 4.98 Å². The molecule has 2 N–H and O–H groups in total. The summed E-state index contributed by atoms with van der Waals surface area (Å²) in [6, 6.07) is 7.89. The quantitative estimate of drug-likeness (QED) is 0.637. The molecule has 0 saturated heterocycles. The van der Waals surface area contributed by atoms with Crippen LogP contribution in [0.4, 0.5) is 5.69 Å². The van der Waals surface area contributed by atoms with Crippen molar-refractivity contribution in [3.63, 3.8) is 0 Å². The highest BCUT2D eigenvalue weighted by molar-refractivity contribution is 5.91. The van der Waals surface area contributed by atoms with E-state index in [1.54, 1.807) is 6.20 Å². The number of nitrogens with zero attached hydrogens (tertiary/aromatic N) is 1. The number of nitrogen functional groups attached to an aromatic ring is 1. The number of aromatic nitrogens is 1. The van der Waals surface area contributed by atoms with Gasteiger partial charge in [0.2, 0.25) is 0 Å². The predicted molar refractivity (Wildman–Crippen MR) is 50.9 cm³/mol. The number of fused-ring (bicyclic) bond motifs is 1. The number of hydrogen-bond acceptors (Lipinski definition) is 2. The van der Waals surface area contributed by atoms with Crippen LogP contribution < -0.4 is 5.73 Å². The molecule has 0 atom stereocenters. The second-order valence-corrected chi connectivity index (χ2v) is 2.87. The van der Waals surface area contributed by atoms with E-state index in [-0.39, 0.29) is 0 Å². The molecule has 0 unspecified atom stereocenters. The van der Waals surface area contributed by atoms with Crippen molar-refractivity contribution >= 4 is 16.6 Å². The fourth-order valence-electron chi connectivity index (χ4n) is 1.26. The third-order valence-electron chi connectivity index (χ3n) is 2.02. The lowest BCUT2D eigenvalue weighted by Gasteiger charge is -2.02. The second-order valence-electron chi connectivity index (χ2n) is 2.87. The Morgan fingerprint density at radius 1 is 1.25 bits per heavy atom. The number of pyridine rings is 1. The lowest BCUT2D eigenvalue weighted by atomic mass is 10.1. The van der Waals surface area contributed by atoms with E-state index in [1.165, 1.54) is 0 Å². The minimum Gasteiger partial charge on any atom is -0.398 e. The standard InChI is InChI=1S/C10H10N2/c1-7-6-12-9-5-3-2-4-8(9)10(7)11/h2-6H,1H3,(H2,11,12). The van der Waals surface area contributed by atoms with Crippen LogP contribution in [-0.2, 0) is 0 Å². The molecule has 2 nitrogen and oxygen atoms in total. The average molecular weight is 158 g/mol. The number of benzene rings is 1. The highest BCUT2D eigenvalue weighted by atomic mass is 14.7. The Hall–Kier alpha value is -1.57. The second kappa shape index (κ2) is 2.48. The summed E-state index contributed by atoms with van der Waals surface area (Å²) >= 11 is 0. The van der Waals surface area contributed by atoms with Crippen LogP contribution in [0, 0.1) is 6.92 Å². The SMILES string of the molecule is Cc1cnc2ccccc2c1N. The fourth-order valence-corrected chi connectivity index (χ4v) is 1.26. The fraction of sp³-hybridized carbons (Fsp3) is 0.100. The van der Waals surface area contributed by atoms with Crippen LogP contribution in [0.2, 0.25) is 0 Å². The van der Waals surface area contributed by atoms with Gasteiger partial charge in [-0.25, -0.2) is 0 Å². The Labute approximate surface area is 71.0 Å². The molecule has 12 heavy (non-hydrogen) atoms. The minimum absolute atomic E-state index is 0.834. The number of aryl methyl sites for hydroxylation is 1. The molecule has 0 aliphatic heterocycles. The summed E-state index contributed by atoms with van der Waals surface area (Å²) in [5.41, 5.74) is 8.71. The van der Waals surface area contributed by atoms with Gasteiger partial charge >= 0.3 is 0 Å². The van der Waals surface area contributed by atoms with Crippen LogP contribution in [0.25, 0.3) is 10.9 Å². The van der Waals surface area contributed by atoms with Crippen molar-refractivity contribution in [3.8, 4) is 0 Å². The first-order valence-electron chi connectivity index (χ1n) is 3.89. The maximum absolute atomic E-state index is 5.88. The van der Waals surface area contributed by atoms with Gasteiger partial charge < -0.3 is 5.73 Å². The predicted octanol–water partition coefficient (Wildman–Crippen LogP) is 2.13. The van der Waals surface area contributed by atoms with Gasteiger partial charge in [-0.1, -0.05) is 18.2 Å². The molecule has 0 saturated carbocycles.